The van der Waals surface area contributed by atoms with Crippen molar-refractivity contribution in [1.29, 1.82) is 5.26 Å². The van der Waals surface area contributed by atoms with E-state index in [0.29, 0.717) is 11.1 Å². The average Bonchev–Trinajstić information content (AvgIpc) is 2.64. The van der Waals surface area contributed by atoms with Crippen molar-refractivity contribution in [3.05, 3.63) is 35.4 Å². The van der Waals surface area contributed by atoms with Crippen LogP contribution in [0.2, 0.25) is 0 Å². The Labute approximate surface area is 113 Å². The highest BCUT2D eigenvalue weighted by Crippen LogP contribution is 2.18. The van der Waals surface area contributed by atoms with Crippen molar-refractivity contribution < 1.29 is 9.90 Å². The fraction of sp³-hybridized carbons (Fsp3) is 0.467. The molecular weight excluding hydrogens is 240 g/mol. The van der Waals surface area contributed by atoms with Crippen LogP contribution in [0.1, 0.15) is 48.0 Å². The molecule has 1 amide bonds. The maximum absolute atomic E-state index is 12.1. The van der Waals surface area contributed by atoms with Crippen LogP contribution in [-0.4, -0.2) is 23.2 Å². The van der Waals surface area contributed by atoms with Gasteiger partial charge in [0, 0.05) is 5.56 Å². The number of nitrogens with one attached hydrogen (secondary N) is 1. The summed E-state index contributed by atoms with van der Waals surface area (Å²) in [5.74, 6) is -0.185. The number of benzene rings is 1. The number of hydrogen-bond acceptors (Lipinski definition) is 3. The zero-order chi connectivity index (χ0) is 13.7. The lowest BCUT2D eigenvalue weighted by Gasteiger charge is -2.21. The van der Waals surface area contributed by atoms with Gasteiger partial charge in [-0.1, -0.05) is 19.3 Å². The van der Waals surface area contributed by atoms with Gasteiger partial charge >= 0.3 is 0 Å². The van der Waals surface area contributed by atoms with Gasteiger partial charge in [-0.3, -0.25) is 4.79 Å². The van der Waals surface area contributed by atoms with Crippen LogP contribution in [0, 0.1) is 11.3 Å². The molecule has 2 unspecified atom stereocenters. The smallest absolute Gasteiger partial charge is 0.251 e. The molecule has 100 valence electrons. The number of hydrogen-bond donors (Lipinski definition) is 2. The molecule has 19 heavy (non-hydrogen) atoms. The number of nitriles is 1. The fourth-order valence-electron chi connectivity index (χ4n) is 2.40. The van der Waals surface area contributed by atoms with Gasteiger partial charge in [0.1, 0.15) is 0 Å². The zero-order valence-electron chi connectivity index (χ0n) is 10.8. The van der Waals surface area contributed by atoms with Gasteiger partial charge in [-0.15, -0.1) is 0 Å². The molecule has 4 nitrogen and oxygen atoms in total. The number of rotatable bonds is 2. The molecule has 1 aromatic rings. The van der Waals surface area contributed by atoms with Crippen LogP contribution in [0.25, 0.3) is 0 Å². The zero-order valence-corrected chi connectivity index (χ0v) is 10.8. The first-order valence-electron chi connectivity index (χ1n) is 6.70. The van der Waals surface area contributed by atoms with Crippen molar-refractivity contribution >= 4 is 5.91 Å². The molecule has 1 aromatic carbocycles. The minimum atomic E-state index is -0.454. The first-order chi connectivity index (χ1) is 9.20. The lowest BCUT2D eigenvalue weighted by molar-refractivity contribution is 0.0819. The number of carbonyl (C=O) groups excluding carboxylic acids is 1. The molecule has 0 spiro atoms. The molecule has 2 N–H and O–H groups in total. The van der Waals surface area contributed by atoms with Crippen LogP contribution in [0.3, 0.4) is 0 Å². The highest BCUT2D eigenvalue weighted by Gasteiger charge is 2.23. The third-order valence-electron chi connectivity index (χ3n) is 3.57. The predicted octanol–water partition coefficient (Wildman–Crippen LogP) is 1.98. The summed E-state index contributed by atoms with van der Waals surface area (Å²) in [6.45, 7) is 0. The molecule has 4 heteroatoms. The monoisotopic (exact) mass is 258 g/mol. The molecule has 1 aliphatic carbocycles. The number of nitrogens with zero attached hydrogens (tertiary/aromatic N) is 1. The highest BCUT2D eigenvalue weighted by molar-refractivity contribution is 5.94. The van der Waals surface area contributed by atoms with Gasteiger partial charge in [0.2, 0.25) is 0 Å². The quantitative estimate of drug-likeness (QED) is 0.797. The van der Waals surface area contributed by atoms with E-state index in [9.17, 15) is 9.90 Å². The maximum Gasteiger partial charge on any atom is 0.251 e. The third-order valence-corrected chi connectivity index (χ3v) is 3.57. The standard InChI is InChI=1S/C15H18N2O2/c16-10-11-6-8-12(9-7-11)15(19)17-13-4-2-1-3-5-14(13)18/h6-9,13-14,18H,1-5H2,(H,17,19). The van der Waals surface area contributed by atoms with Gasteiger partial charge < -0.3 is 10.4 Å². The van der Waals surface area contributed by atoms with Crippen LogP contribution in [0.4, 0.5) is 0 Å². The Morgan fingerprint density at radius 2 is 1.89 bits per heavy atom. The van der Waals surface area contributed by atoms with Crippen LogP contribution < -0.4 is 5.32 Å². The number of aliphatic hydroxyl groups excluding tert-OH is 1. The summed E-state index contributed by atoms with van der Waals surface area (Å²) in [5.41, 5.74) is 1.06. The summed E-state index contributed by atoms with van der Waals surface area (Å²) in [4.78, 5) is 12.1. The van der Waals surface area contributed by atoms with E-state index < -0.39 is 6.10 Å². The molecule has 1 fully saturated rings. The van der Waals surface area contributed by atoms with Crippen LogP contribution >= 0.6 is 0 Å². The van der Waals surface area contributed by atoms with E-state index in [1.165, 1.54) is 0 Å². The SMILES string of the molecule is N#Cc1ccc(C(=O)NC2CCCCCC2O)cc1. The molecule has 0 saturated heterocycles. The Morgan fingerprint density at radius 1 is 1.21 bits per heavy atom. The minimum absolute atomic E-state index is 0.161. The largest absolute Gasteiger partial charge is 0.391 e. The molecule has 0 bridgehead atoms. The number of aliphatic hydroxyl groups is 1. The molecule has 1 saturated carbocycles. The van der Waals surface area contributed by atoms with Crippen LogP contribution in [-0.2, 0) is 0 Å². The van der Waals surface area contributed by atoms with Crippen LogP contribution in [0.5, 0.6) is 0 Å². The number of carbonyl (C=O) groups is 1. The Morgan fingerprint density at radius 3 is 2.58 bits per heavy atom. The van der Waals surface area contributed by atoms with Gasteiger partial charge in [-0.25, -0.2) is 0 Å². The van der Waals surface area contributed by atoms with E-state index in [4.69, 9.17) is 5.26 Å². The number of amides is 1. The molecule has 1 aliphatic rings. The summed E-state index contributed by atoms with van der Waals surface area (Å²) < 4.78 is 0. The van der Waals surface area contributed by atoms with E-state index >= 15 is 0 Å². The van der Waals surface area contributed by atoms with Crippen LogP contribution in [0.15, 0.2) is 24.3 Å². The van der Waals surface area contributed by atoms with E-state index in [-0.39, 0.29) is 11.9 Å². The summed E-state index contributed by atoms with van der Waals surface area (Å²) >= 11 is 0. The van der Waals surface area contributed by atoms with Gasteiger partial charge in [0.25, 0.3) is 5.91 Å². The predicted molar refractivity (Wildman–Crippen MR) is 71.5 cm³/mol. The summed E-state index contributed by atoms with van der Waals surface area (Å²) in [6, 6.07) is 8.38. The molecule has 0 aromatic heterocycles. The van der Waals surface area contributed by atoms with Crippen molar-refractivity contribution in [2.75, 3.05) is 0 Å². The summed E-state index contributed by atoms with van der Waals surface area (Å²) in [5, 5.41) is 21.6. The highest BCUT2D eigenvalue weighted by atomic mass is 16.3. The van der Waals surface area contributed by atoms with Crippen molar-refractivity contribution in [3.8, 4) is 6.07 Å². The first kappa shape index (κ1) is 13.6. The van der Waals surface area contributed by atoms with E-state index in [0.717, 1.165) is 32.1 Å². The van der Waals surface area contributed by atoms with E-state index in [1.54, 1.807) is 24.3 Å². The fourth-order valence-corrected chi connectivity index (χ4v) is 2.40. The molecule has 0 heterocycles. The normalized spacial score (nSPS) is 23.2. The second kappa shape index (κ2) is 6.35. The van der Waals surface area contributed by atoms with Gasteiger partial charge in [-0.2, -0.15) is 5.26 Å². The van der Waals surface area contributed by atoms with E-state index in [2.05, 4.69) is 5.32 Å². The Balaban J connectivity index is 2.01. The van der Waals surface area contributed by atoms with Crippen molar-refractivity contribution in [2.45, 2.75) is 44.2 Å². The second-order valence-corrected chi connectivity index (χ2v) is 4.97. The first-order valence-corrected chi connectivity index (χ1v) is 6.70. The molecule has 2 rings (SSSR count). The topological polar surface area (TPSA) is 73.1 Å². The summed E-state index contributed by atoms with van der Waals surface area (Å²) in [7, 11) is 0. The Kier molecular flexibility index (Phi) is 4.53. The van der Waals surface area contributed by atoms with Gasteiger partial charge in [-0.05, 0) is 37.1 Å². The third kappa shape index (κ3) is 3.55. The molecule has 0 radical (unpaired) electrons. The second-order valence-electron chi connectivity index (χ2n) is 4.97. The molecular formula is C15H18N2O2. The van der Waals surface area contributed by atoms with Crippen molar-refractivity contribution in [3.63, 3.8) is 0 Å². The van der Waals surface area contributed by atoms with E-state index in [1.807, 2.05) is 6.07 Å². The van der Waals surface area contributed by atoms with Crippen molar-refractivity contribution in [2.24, 2.45) is 0 Å². The lowest BCUT2D eigenvalue weighted by atomic mass is 10.1. The van der Waals surface area contributed by atoms with Gasteiger partial charge in [0.05, 0.1) is 23.8 Å². The molecule has 0 aliphatic heterocycles. The maximum atomic E-state index is 12.1. The molecule has 2 atom stereocenters. The average molecular weight is 258 g/mol. The summed E-state index contributed by atoms with van der Waals surface area (Å²) in [6.07, 6.45) is 4.28. The Hall–Kier alpha value is -1.86. The van der Waals surface area contributed by atoms with Crippen molar-refractivity contribution in [1.82, 2.24) is 5.32 Å². The van der Waals surface area contributed by atoms with Gasteiger partial charge in [0.15, 0.2) is 0 Å². The minimum Gasteiger partial charge on any atom is -0.391 e. The lowest BCUT2D eigenvalue weighted by Crippen LogP contribution is -2.42. The Bertz CT molecular complexity index is 476.